The fraction of sp³-hybridized carbons (Fsp3) is 0.733. The second-order valence-corrected chi connectivity index (χ2v) is 14.1. The van der Waals surface area contributed by atoms with Crippen LogP contribution in [0.5, 0.6) is 5.75 Å². The normalized spacial score (nSPS) is 24.3. The molecule has 238 valence electrons. The van der Waals surface area contributed by atoms with Crippen molar-refractivity contribution in [1.82, 2.24) is 14.5 Å². The summed E-state index contributed by atoms with van der Waals surface area (Å²) in [4.78, 5) is 28.5. The van der Waals surface area contributed by atoms with Gasteiger partial charge in [-0.25, -0.2) is 17.5 Å². The third-order valence-electron chi connectivity index (χ3n) is 8.25. The van der Waals surface area contributed by atoms with Crippen LogP contribution in [-0.2, 0) is 14.8 Å². The van der Waals surface area contributed by atoms with Gasteiger partial charge in [0.25, 0.3) is 5.91 Å². The lowest BCUT2D eigenvalue weighted by atomic mass is 9.96. The maximum Gasteiger partial charge on any atom is 0.319 e. The zero-order valence-electron chi connectivity index (χ0n) is 25.8. The van der Waals surface area contributed by atoms with E-state index in [1.165, 1.54) is 17.8 Å². The predicted octanol–water partition coefficient (Wildman–Crippen LogP) is 3.83. The van der Waals surface area contributed by atoms with Crippen molar-refractivity contribution in [1.29, 1.82) is 0 Å². The molecule has 0 saturated heterocycles. The number of sulfonamides is 1. The predicted molar refractivity (Wildman–Crippen MR) is 163 cm³/mol. The van der Waals surface area contributed by atoms with Crippen molar-refractivity contribution in [2.45, 2.75) is 96.4 Å². The highest BCUT2D eigenvalue weighted by molar-refractivity contribution is 7.88. The lowest BCUT2D eigenvalue weighted by Gasteiger charge is -2.35. The van der Waals surface area contributed by atoms with Gasteiger partial charge >= 0.3 is 6.03 Å². The molecule has 42 heavy (non-hydrogen) atoms. The molecular formula is C30H50N4O7S. The highest BCUT2D eigenvalue weighted by atomic mass is 32.2. The molecule has 4 atom stereocenters. The minimum atomic E-state index is -3.43. The van der Waals surface area contributed by atoms with Gasteiger partial charge in [-0.15, -0.1) is 0 Å². The Hall–Kier alpha value is -2.41. The molecule has 1 fully saturated rings. The van der Waals surface area contributed by atoms with Crippen LogP contribution in [0.25, 0.3) is 0 Å². The van der Waals surface area contributed by atoms with Crippen LogP contribution in [0.1, 0.15) is 82.5 Å². The number of fused-ring (bicyclic) bond motifs is 1. The number of nitrogens with zero attached hydrogens (tertiary/aromatic N) is 2. The van der Waals surface area contributed by atoms with Crippen molar-refractivity contribution in [3.63, 3.8) is 0 Å². The molecule has 0 spiro atoms. The third-order valence-corrected chi connectivity index (χ3v) is 9.53. The van der Waals surface area contributed by atoms with Gasteiger partial charge in [-0.05, 0) is 64.2 Å². The number of hydrogen-bond donors (Lipinski definition) is 3. The van der Waals surface area contributed by atoms with E-state index in [-0.39, 0.29) is 55.3 Å². The van der Waals surface area contributed by atoms with Crippen molar-refractivity contribution in [2.24, 2.45) is 5.92 Å². The SMILES string of the molecule is C[C@@H]1CCCCO[C@H](CN(C)S(C)(=O)=O)[C@H](C)CN([C@@H](C)CO)C(=O)c2cc(NC(=O)NC3CCCCC3)ccc2O1. The van der Waals surface area contributed by atoms with E-state index in [4.69, 9.17) is 9.47 Å². The van der Waals surface area contributed by atoms with E-state index >= 15 is 0 Å². The number of nitrogens with one attached hydrogen (secondary N) is 2. The number of aliphatic hydroxyl groups excluding tert-OH is 1. The summed E-state index contributed by atoms with van der Waals surface area (Å²) < 4.78 is 38.0. The van der Waals surface area contributed by atoms with Gasteiger partial charge in [0.1, 0.15) is 5.75 Å². The molecule has 0 aromatic heterocycles. The number of aliphatic hydroxyl groups is 1. The summed E-state index contributed by atoms with van der Waals surface area (Å²) in [5.41, 5.74) is 0.751. The topological polar surface area (TPSA) is 138 Å². The average Bonchev–Trinajstić information content (AvgIpc) is 2.94. The number of anilines is 1. The summed E-state index contributed by atoms with van der Waals surface area (Å²) in [6.45, 7) is 6.19. The fourth-order valence-electron chi connectivity index (χ4n) is 5.45. The molecule has 1 heterocycles. The van der Waals surface area contributed by atoms with E-state index in [0.717, 1.165) is 51.2 Å². The summed E-state index contributed by atoms with van der Waals surface area (Å²) in [6, 6.07) is 4.37. The summed E-state index contributed by atoms with van der Waals surface area (Å²) in [5.74, 6) is -0.189. The molecule has 1 aromatic rings. The molecule has 0 bridgehead atoms. The van der Waals surface area contributed by atoms with E-state index in [2.05, 4.69) is 10.6 Å². The highest BCUT2D eigenvalue weighted by Gasteiger charge is 2.31. The first kappa shape index (κ1) is 34.1. The first-order valence-corrected chi connectivity index (χ1v) is 17.1. The number of hydrogen-bond acceptors (Lipinski definition) is 7. The highest BCUT2D eigenvalue weighted by Crippen LogP contribution is 2.29. The van der Waals surface area contributed by atoms with Gasteiger partial charge in [-0.3, -0.25) is 4.79 Å². The minimum Gasteiger partial charge on any atom is -0.490 e. The summed E-state index contributed by atoms with van der Waals surface area (Å²) in [5, 5.41) is 16.0. The Labute approximate surface area is 251 Å². The Morgan fingerprint density at radius 1 is 1.14 bits per heavy atom. The Bertz CT molecular complexity index is 1140. The molecule has 3 amide bonds. The van der Waals surface area contributed by atoms with Crippen LogP contribution in [0.4, 0.5) is 10.5 Å². The molecule has 1 aliphatic heterocycles. The van der Waals surface area contributed by atoms with E-state index < -0.39 is 22.2 Å². The van der Waals surface area contributed by atoms with Gasteiger partial charge in [0.15, 0.2) is 0 Å². The maximum absolute atomic E-state index is 14.2. The Morgan fingerprint density at radius 3 is 2.50 bits per heavy atom. The molecule has 3 rings (SSSR count). The van der Waals surface area contributed by atoms with E-state index in [9.17, 15) is 23.1 Å². The molecule has 0 radical (unpaired) electrons. The molecule has 0 unspecified atom stereocenters. The average molecular weight is 611 g/mol. The molecule has 3 N–H and O–H groups in total. The van der Waals surface area contributed by atoms with E-state index in [0.29, 0.717) is 18.0 Å². The quantitative estimate of drug-likeness (QED) is 0.427. The summed E-state index contributed by atoms with van der Waals surface area (Å²) in [7, 11) is -1.91. The maximum atomic E-state index is 14.2. The van der Waals surface area contributed by atoms with Crippen LogP contribution < -0.4 is 15.4 Å². The number of urea groups is 1. The van der Waals surface area contributed by atoms with Crippen molar-refractivity contribution in [2.75, 3.05) is 44.9 Å². The van der Waals surface area contributed by atoms with Gasteiger partial charge in [-0.1, -0.05) is 26.2 Å². The van der Waals surface area contributed by atoms with Crippen LogP contribution in [-0.4, -0.2) is 98.6 Å². The van der Waals surface area contributed by atoms with Gasteiger partial charge in [-0.2, -0.15) is 0 Å². The Balaban J connectivity index is 1.91. The van der Waals surface area contributed by atoms with Crippen molar-refractivity contribution in [3.8, 4) is 5.75 Å². The lowest BCUT2D eigenvalue weighted by molar-refractivity contribution is -0.00828. The van der Waals surface area contributed by atoms with Crippen molar-refractivity contribution < 1.29 is 32.6 Å². The molecule has 1 saturated carbocycles. The molecule has 1 aliphatic carbocycles. The first-order valence-electron chi connectivity index (χ1n) is 15.2. The van der Waals surface area contributed by atoms with E-state index in [1.807, 2.05) is 13.8 Å². The number of carbonyl (C=O) groups excluding carboxylic acids is 2. The monoisotopic (exact) mass is 610 g/mol. The van der Waals surface area contributed by atoms with Gasteiger partial charge in [0, 0.05) is 44.4 Å². The Morgan fingerprint density at radius 2 is 1.83 bits per heavy atom. The number of benzene rings is 1. The third kappa shape index (κ3) is 10.1. The zero-order valence-corrected chi connectivity index (χ0v) is 26.6. The number of ether oxygens (including phenoxy) is 2. The molecule has 2 aliphatic rings. The van der Waals surface area contributed by atoms with Crippen LogP contribution in [0.3, 0.4) is 0 Å². The molecule has 1 aromatic carbocycles. The number of amides is 3. The molecule has 12 heteroatoms. The van der Waals surface area contributed by atoms with Crippen molar-refractivity contribution >= 4 is 27.6 Å². The molecular weight excluding hydrogens is 560 g/mol. The second-order valence-electron chi connectivity index (χ2n) is 12.0. The Kier molecular flexibility index (Phi) is 12.9. The molecule has 11 nitrogen and oxygen atoms in total. The smallest absolute Gasteiger partial charge is 0.319 e. The van der Waals surface area contributed by atoms with Crippen LogP contribution in [0, 0.1) is 5.92 Å². The fourth-order valence-corrected chi connectivity index (χ4v) is 5.87. The van der Waals surface area contributed by atoms with Crippen LogP contribution in [0.2, 0.25) is 0 Å². The minimum absolute atomic E-state index is 0.140. The van der Waals surface area contributed by atoms with Gasteiger partial charge < -0.3 is 30.1 Å². The summed E-state index contributed by atoms with van der Waals surface area (Å²) >= 11 is 0. The zero-order chi connectivity index (χ0) is 30.9. The largest absolute Gasteiger partial charge is 0.490 e. The van der Waals surface area contributed by atoms with Crippen LogP contribution in [0.15, 0.2) is 18.2 Å². The van der Waals surface area contributed by atoms with E-state index in [1.54, 1.807) is 30.0 Å². The van der Waals surface area contributed by atoms with Crippen molar-refractivity contribution in [3.05, 3.63) is 23.8 Å². The first-order chi connectivity index (χ1) is 19.9. The number of likely N-dealkylation sites (N-methyl/N-ethyl adjacent to an activating group) is 1. The van der Waals surface area contributed by atoms with Gasteiger partial charge in [0.05, 0.1) is 36.7 Å². The number of rotatable bonds is 7. The standard InChI is InChI=1S/C30H50N4O7S/c1-21-18-34(22(2)20-35)29(36)26-17-25(32-30(37)31-24-12-7-6-8-13-24)14-15-27(26)41-23(3)11-9-10-16-40-28(21)19-33(4)42(5,38)39/h14-15,17,21-24,28,35H,6-13,16,18-20H2,1-5H3,(H2,31,32,37)/t21-,22+,23-,28-/m1/s1. The van der Waals surface area contributed by atoms with Gasteiger partial charge in [0.2, 0.25) is 10.0 Å². The van der Waals surface area contributed by atoms with Crippen LogP contribution >= 0.6 is 0 Å². The summed E-state index contributed by atoms with van der Waals surface area (Å²) in [6.07, 6.45) is 8.17. The number of carbonyl (C=O) groups is 2. The lowest BCUT2D eigenvalue weighted by Crippen LogP contribution is -2.48. The second kappa shape index (κ2) is 15.9.